The number of rotatable bonds is 5. The third kappa shape index (κ3) is 3.94. The van der Waals surface area contributed by atoms with Gasteiger partial charge in [0.25, 0.3) is 0 Å². The van der Waals surface area contributed by atoms with Gasteiger partial charge in [0.2, 0.25) is 5.91 Å². The smallest absolute Gasteiger partial charge is 0.223 e. The van der Waals surface area contributed by atoms with Gasteiger partial charge >= 0.3 is 0 Å². The van der Waals surface area contributed by atoms with E-state index in [2.05, 4.69) is 14.9 Å². The van der Waals surface area contributed by atoms with Crippen LogP contribution >= 0.6 is 0 Å². The zero-order valence-electron chi connectivity index (χ0n) is 15.5. The second-order valence-corrected chi connectivity index (χ2v) is 7.21. The SMILES string of the molecule is Cc1cc(N2CCC[C@](O)(CN(C)C(=O)CCN)C2)c2cnccc2n1. The van der Waals surface area contributed by atoms with Crippen LogP contribution in [-0.4, -0.2) is 64.7 Å². The molecule has 1 aliphatic rings. The molecule has 0 spiro atoms. The molecule has 7 nitrogen and oxygen atoms in total. The van der Waals surface area contributed by atoms with Crippen LogP contribution in [0.2, 0.25) is 0 Å². The summed E-state index contributed by atoms with van der Waals surface area (Å²) in [7, 11) is 1.73. The van der Waals surface area contributed by atoms with Crippen LogP contribution in [0.3, 0.4) is 0 Å². The Balaban J connectivity index is 1.83. The summed E-state index contributed by atoms with van der Waals surface area (Å²) >= 11 is 0. The van der Waals surface area contributed by atoms with Crippen LogP contribution in [0.25, 0.3) is 10.9 Å². The van der Waals surface area contributed by atoms with Gasteiger partial charge in [-0.05, 0) is 31.9 Å². The summed E-state index contributed by atoms with van der Waals surface area (Å²) < 4.78 is 0. The maximum atomic E-state index is 12.0. The number of carbonyl (C=O) groups excluding carboxylic acids is 1. The zero-order valence-corrected chi connectivity index (χ0v) is 15.5. The Morgan fingerprint density at radius 3 is 3.08 bits per heavy atom. The summed E-state index contributed by atoms with van der Waals surface area (Å²) in [5.41, 5.74) is 7.40. The first-order chi connectivity index (χ1) is 12.4. The Labute approximate surface area is 153 Å². The standard InChI is InChI=1S/C19H27N5O2/c1-14-10-17(15-11-21-8-5-16(15)22-14)24-9-3-6-19(26,13-24)12-23(2)18(25)4-7-20/h5,8,10-11,26H,3-4,6-7,9,12-13,20H2,1-2H3/t19-/m0/s1. The largest absolute Gasteiger partial charge is 0.386 e. The molecule has 3 rings (SSSR count). The Morgan fingerprint density at radius 2 is 2.31 bits per heavy atom. The molecular weight excluding hydrogens is 330 g/mol. The molecule has 1 aliphatic heterocycles. The van der Waals surface area contributed by atoms with Crippen LogP contribution in [-0.2, 0) is 4.79 Å². The lowest BCUT2D eigenvalue weighted by molar-refractivity contribution is -0.133. The average Bonchev–Trinajstić information content (AvgIpc) is 2.60. The Bertz CT molecular complexity index is 797. The van der Waals surface area contributed by atoms with Crippen molar-refractivity contribution in [1.29, 1.82) is 0 Å². The monoisotopic (exact) mass is 357 g/mol. The number of hydrogen-bond acceptors (Lipinski definition) is 6. The number of β-amino-alcohol motifs (C(OH)–C–C–N with tert-alkyl or cyclic N) is 1. The molecule has 140 valence electrons. The number of fused-ring (bicyclic) bond motifs is 1. The Morgan fingerprint density at radius 1 is 1.50 bits per heavy atom. The molecule has 7 heteroatoms. The number of piperidine rings is 1. The predicted octanol–water partition coefficient (Wildman–Crippen LogP) is 1.08. The molecule has 0 bridgehead atoms. The second kappa shape index (κ2) is 7.55. The maximum Gasteiger partial charge on any atom is 0.223 e. The number of likely N-dealkylation sites (N-methyl/N-ethyl adjacent to an activating group) is 1. The van der Waals surface area contributed by atoms with Gasteiger partial charge in [-0.25, -0.2) is 0 Å². The number of anilines is 1. The van der Waals surface area contributed by atoms with E-state index in [1.165, 1.54) is 0 Å². The van der Waals surface area contributed by atoms with Gasteiger partial charge in [0.05, 0.1) is 17.7 Å². The first-order valence-electron chi connectivity index (χ1n) is 9.04. The van der Waals surface area contributed by atoms with Crippen LogP contribution in [0.1, 0.15) is 25.0 Å². The number of aromatic nitrogens is 2. The van der Waals surface area contributed by atoms with Gasteiger partial charge in [-0.2, -0.15) is 0 Å². The number of nitrogens with two attached hydrogens (primary N) is 1. The molecule has 0 radical (unpaired) electrons. The summed E-state index contributed by atoms with van der Waals surface area (Å²) in [6.07, 6.45) is 5.39. The fourth-order valence-electron chi connectivity index (χ4n) is 3.73. The van der Waals surface area contributed by atoms with E-state index < -0.39 is 5.60 Å². The fourth-order valence-corrected chi connectivity index (χ4v) is 3.73. The molecular formula is C19H27N5O2. The van der Waals surface area contributed by atoms with Gasteiger partial charge in [0.1, 0.15) is 0 Å². The molecule has 2 aromatic rings. The molecule has 26 heavy (non-hydrogen) atoms. The van der Waals surface area contributed by atoms with Crippen molar-refractivity contribution < 1.29 is 9.90 Å². The fraction of sp³-hybridized carbons (Fsp3) is 0.526. The minimum Gasteiger partial charge on any atom is -0.386 e. The molecule has 3 N–H and O–H groups in total. The van der Waals surface area contributed by atoms with Crippen molar-refractivity contribution in [2.24, 2.45) is 5.73 Å². The van der Waals surface area contributed by atoms with Crippen molar-refractivity contribution in [3.05, 3.63) is 30.2 Å². The molecule has 0 aromatic carbocycles. The van der Waals surface area contributed by atoms with Crippen LogP contribution in [0.15, 0.2) is 24.5 Å². The summed E-state index contributed by atoms with van der Waals surface area (Å²) in [4.78, 5) is 24.6. The van der Waals surface area contributed by atoms with Crippen LogP contribution in [0.4, 0.5) is 5.69 Å². The molecule has 1 fully saturated rings. The van der Waals surface area contributed by atoms with E-state index in [4.69, 9.17) is 5.73 Å². The minimum atomic E-state index is -0.942. The third-order valence-corrected chi connectivity index (χ3v) is 4.93. The quantitative estimate of drug-likeness (QED) is 0.831. The van der Waals surface area contributed by atoms with Gasteiger partial charge in [-0.1, -0.05) is 0 Å². The molecule has 0 unspecified atom stereocenters. The lowest BCUT2D eigenvalue weighted by Gasteiger charge is -2.42. The van der Waals surface area contributed by atoms with E-state index in [0.717, 1.165) is 35.2 Å². The van der Waals surface area contributed by atoms with Crippen LogP contribution < -0.4 is 10.6 Å². The molecule has 1 saturated heterocycles. The highest BCUT2D eigenvalue weighted by atomic mass is 16.3. The number of pyridine rings is 2. The van der Waals surface area contributed by atoms with Gasteiger partial charge < -0.3 is 20.6 Å². The Hall–Kier alpha value is -2.25. The molecule has 1 atom stereocenters. The average molecular weight is 357 g/mol. The van der Waals surface area contributed by atoms with Crippen molar-refractivity contribution in [3.63, 3.8) is 0 Å². The number of carbonyl (C=O) groups is 1. The highest BCUT2D eigenvalue weighted by Gasteiger charge is 2.36. The number of amides is 1. The topological polar surface area (TPSA) is 95.6 Å². The van der Waals surface area contributed by atoms with Crippen LogP contribution in [0.5, 0.6) is 0 Å². The van der Waals surface area contributed by atoms with Gasteiger partial charge in [-0.3, -0.25) is 14.8 Å². The Kier molecular flexibility index (Phi) is 5.38. The molecule has 1 amide bonds. The number of nitrogens with zero attached hydrogens (tertiary/aromatic N) is 4. The van der Waals surface area contributed by atoms with E-state index >= 15 is 0 Å². The molecule has 2 aromatic heterocycles. The van der Waals surface area contributed by atoms with Crippen molar-refractivity contribution in [2.75, 3.05) is 38.1 Å². The van der Waals surface area contributed by atoms with E-state index in [1.54, 1.807) is 18.1 Å². The molecule has 3 heterocycles. The van der Waals surface area contributed by atoms with Crippen molar-refractivity contribution in [1.82, 2.24) is 14.9 Å². The van der Waals surface area contributed by atoms with Crippen molar-refractivity contribution in [3.8, 4) is 0 Å². The first kappa shape index (κ1) is 18.5. The van der Waals surface area contributed by atoms with Crippen LogP contribution in [0, 0.1) is 6.92 Å². The van der Waals surface area contributed by atoms with E-state index in [9.17, 15) is 9.90 Å². The van der Waals surface area contributed by atoms with Crippen molar-refractivity contribution >= 4 is 22.5 Å². The highest BCUT2D eigenvalue weighted by Crippen LogP contribution is 2.31. The van der Waals surface area contributed by atoms with Gasteiger partial charge in [0, 0.05) is 62.3 Å². The zero-order chi connectivity index (χ0) is 18.7. The van der Waals surface area contributed by atoms with Gasteiger partial charge in [-0.15, -0.1) is 0 Å². The molecule has 0 saturated carbocycles. The summed E-state index contributed by atoms with van der Waals surface area (Å²) in [5.74, 6) is -0.0348. The highest BCUT2D eigenvalue weighted by molar-refractivity contribution is 5.91. The molecule has 0 aliphatic carbocycles. The summed E-state index contributed by atoms with van der Waals surface area (Å²) in [5, 5.41) is 12.1. The summed E-state index contributed by atoms with van der Waals surface area (Å²) in [6, 6.07) is 3.94. The predicted molar refractivity (Wildman–Crippen MR) is 102 cm³/mol. The van der Waals surface area contributed by atoms with E-state index in [1.807, 2.05) is 25.3 Å². The van der Waals surface area contributed by atoms with Crippen molar-refractivity contribution in [2.45, 2.75) is 31.8 Å². The van der Waals surface area contributed by atoms with E-state index in [-0.39, 0.29) is 5.91 Å². The number of hydrogen-bond donors (Lipinski definition) is 2. The normalized spacial score (nSPS) is 20.4. The lowest BCUT2D eigenvalue weighted by Crippen LogP contribution is -2.54. The maximum absolute atomic E-state index is 12.0. The first-order valence-corrected chi connectivity index (χ1v) is 9.04. The lowest BCUT2D eigenvalue weighted by atomic mass is 9.91. The van der Waals surface area contributed by atoms with E-state index in [0.29, 0.717) is 32.5 Å². The third-order valence-electron chi connectivity index (χ3n) is 4.93. The minimum absolute atomic E-state index is 0.0348. The summed E-state index contributed by atoms with van der Waals surface area (Å²) in [6.45, 7) is 3.93. The second-order valence-electron chi connectivity index (χ2n) is 7.21. The number of aliphatic hydroxyl groups is 1. The number of aryl methyl sites for hydroxylation is 1. The van der Waals surface area contributed by atoms with Gasteiger partial charge in [0.15, 0.2) is 0 Å².